The van der Waals surface area contributed by atoms with Crippen molar-refractivity contribution < 1.29 is 9.59 Å². The molecule has 2 fully saturated rings. The monoisotopic (exact) mass is 548 g/mol. The lowest BCUT2D eigenvalue weighted by atomic mass is 9.77. The number of anilines is 1. The first-order chi connectivity index (χ1) is 18.4. The quantitative estimate of drug-likeness (QED) is 0.438. The van der Waals surface area contributed by atoms with E-state index in [1.165, 1.54) is 11.3 Å². The summed E-state index contributed by atoms with van der Waals surface area (Å²) in [5.41, 5.74) is 4.73. The van der Waals surface area contributed by atoms with Crippen LogP contribution in [0.3, 0.4) is 0 Å². The maximum Gasteiger partial charge on any atom is 0.253 e. The largest absolute Gasteiger partial charge is 0.371 e. The molecule has 3 heterocycles. The Balaban J connectivity index is 1.11. The molecule has 1 N–H and O–H groups in total. The smallest absolute Gasteiger partial charge is 0.253 e. The predicted molar refractivity (Wildman–Crippen MR) is 150 cm³/mol. The van der Waals surface area contributed by atoms with Gasteiger partial charge in [0.15, 0.2) is 0 Å². The van der Waals surface area contributed by atoms with Gasteiger partial charge in [0.25, 0.3) is 11.8 Å². The van der Waals surface area contributed by atoms with Crippen molar-refractivity contribution in [2.75, 3.05) is 31.1 Å². The van der Waals surface area contributed by atoms with Crippen LogP contribution >= 0.6 is 23.2 Å². The van der Waals surface area contributed by atoms with E-state index in [4.69, 9.17) is 23.2 Å². The lowest BCUT2D eigenvalue weighted by Gasteiger charge is -2.39. The second kappa shape index (κ2) is 10.2. The number of hydrogen-bond donors (Lipinski definition) is 1. The van der Waals surface area contributed by atoms with E-state index in [0.29, 0.717) is 16.1 Å². The van der Waals surface area contributed by atoms with Gasteiger partial charge >= 0.3 is 0 Å². The number of piperidine rings is 1. The average Bonchev–Trinajstić information content (AvgIpc) is 3.55. The number of fused-ring (bicyclic) bond motifs is 1. The number of amides is 2. The molecule has 38 heavy (non-hydrogen) atoms. The van der Waals surface area contributed by atoms with E-state index in [1.54, 1.807) is 18.2 Å². The number of aryl methyl sites for hydroxylation is 1. The fraction of sp³-hybridized carbons (Fsp3) is 0.367. The third kappa shape index (κ3) is 4.76. The molecule has 1 aromatic heterocycles. The molecular formula is C30H30Cl2N4O2. The van der Waals surface area contributed by atoms with Gasteiger partial charge in [-0.2, -0.15) is 0 Å². The molecule has 6 rings (SSSR count). The maximum absolute atomic E-state index is 13.5. The van der Waals surface area contributed by atoms with Gasteiger partial charge in [-0.25, -0.2) is 0 Å². The van der Waals surface area contributed by atoms with Gasteiger partial charge in [0.05, 0.1) is 21.7 Å². The second-order valence-electron chi connectivity index (χ2n) is 10.7. The number of hydrogen-bond acceptors (Lipinski definition) is 4. The number of carbonyl (C=O) groups excluding carboxylic acids is 2. The number of pyridine rings is 1. The summed E-state index contributed by atoms with van der Waals surface area (Å²) in [7, 11) is 0. The minimum atomic E-state index is -0.259. The Morgan fingerprint density at radius 3 is 2.53 bits per heavy atom. The zero-order valence-electron chi connectivity index (χ0n) is 21.1. The molecule has 3 aliphatic rings. The number of aromatic nitrogens is 1. The normalized spacial score (nSPS) is 20.0. The Morgan fingerprint density at radius 1 is 0.974 bits per heavy atom. The molecule has 1 atom stereocenters. The number of benzene rings is 2. The highest BCUT2D eigenvalue weighted by Gasteiger charge is 2.41. The molecular weight excluding hydrogens is 519 g/mol. The Bertz CT molecular complexity index is 1370. The molecule has 3 aromatic rings. The molecule has 1 aliphatic carbocycles. The van der Waals surface area contributed by atoms with Crippen LogP contribution in [0.15, 0.2) is 60.9 Å². The molecule has 2 aromatic carbocycles. The molecule has 196 valence electrons. The summed E-state index contributed by atoms with van der Waals surface area (Å²) < 4.78 is 0. The van der Waals surface area contributed by atoms with Crippen molar-refractivity contribution in [2.45, 2.75) is 38.1 Å². The summed E-state index contributed by atoms with van der Waals surface area (Å²) in [6, 6.07) is 15.0. The summed E-state index contributed by atoms with van der Waals surface area (Å²) in [5, 5.41) is 3.70. The van der Waals surface area contributed by atoms with Crippen LogP contribution in [0.25, 0.3) is 0 Å². The van der Waals surface area contributed by atoms with Crippen LogP contribution in [-0.4, -0.2) is 47.9 Å². The highest BCUT2D eigenvalue weighted by molar-refractivity contribution is 6.43. The Hall–Kier alpha value is -3.09. The van der Waals surface area contributed by atoms with Crippen LogP contribution < -0.4 is 10.2 Å². The van der Waals surface area contributed by atoms with Crippen molar-refractivity contribution in [3.05, 3.63) is 93.2 Å². The Morgan fingerprint density at radius 2 is 1.74 bits per heavy atom. The zero-order valence-corrected chi connectivity index (χ0v) is 22.6. The summed E-state index contributed by atoms with van der Waals surface area (Å²) in [5.74, 6) is -0.188. The first-order valence-electron chi connectivity index (χ1n) is 13.2. The first kappa shape index (κ1) is 25.2. The maximum atomic E-state index is 13.5. The topological polar surface area (TPSA) is 65.5 Å². The number of nitrogens with one attached hydrogen (secondary N) is 1. The fourth-order valence-corrected chi connectivity index (χ4v) is 6.67. The molecule has 2 aliphatic heterocycles. The lowest BCUT2D eigenvalue weighted by molar-refractivity contribution is 0.0610. The van der Waals surface area contributed by atoms with Gasteiger partial charge in [0, 0.05) is 49.8 Å². The SMILES string of the molecule is O=C(NC1CCc2ccc(C(=O)N3CCC4(CC3)CCN(c3ccncc3)C4)cc21)c1cccc(Cl)c1Cl. The van der Waals surface area contributed by atoms with Gasteiger partial charge in [-0.3, -0.25) is 14.6 Å². The average molecular weight is 550 g/mol. The van der Waals surface area contributed by atoms with Crippen LogP contribution in [0.2, 0.25) is 10.0 Å². The van der Waals surface area contributed by atoms with Crippen molar-refractivity contribution >= 4 is 40.7 Å². The standard InChI is InChI=1S/C30H30Cl2N4O2/c31-25-3-1-2-23(27(25)32)28(37)34-26-7-6-20-4-5-21(18-24(20)26)29(38)35-15-10-30(11-16-35)12-17-36(19-30)22-8-13-33-14-9-22/h1-5,8-9,13-14,18,26H,6-7,10-12,15-17,19H2,(H,34,37). The second-order valence-corrected chi connectivity index (χ2v) is 11.5. The fourth-order valence-electron chi connectivity index (χ4n) is 6.29. The highest BCUT2D eigenvalue weighted by atomic mass is 35.5. The van der Waals surface area contributed by atoms with E-state index in [-0.39, 0.29) is 28.3 Å². The van der Waals surface area contributed by atoms with Gasteiger partial charge in [0.1, 0.15) is 0 Å². The number of likely N-dealkylation sites (tertiary alicyclic amines) is 1. The highest BCUT2D eigenvalue weighted by Crippen LogP contribution is 2.42. The van der Waals surface area contributed by atoms with Gasteiger partial charge < -0.3 is 15.1 Å². The van der Waals surface area contributed by atoms with Gasteiger partial charge in [-0.15, -0.1) is 0 Å². The molecule has 6 nitrogen and oxygen atoms in total. The third-order valence-corrected chi connectivity index (χ3v) is 9.37. The van der Waals surface area contributed by atoms with E-state index in [0.717, 1.165) is 63.8 Å². The molecule has 1 spiro atoms. The number of halogens is 2. The Kier molecular flexibility index (Phi) is 6.79. The molecule has 0 radical (unpaired) electrons. The molecule has 2 amide bonds. The minimum absolute atomic E-state index is 0.0708. The predicted octanol–water partition coefficient (Wildman–Crippen LogP) is 5.94. The Labute approximate surface area is 232 Å². The van der Waals surface area contributed by atoms with E-state index in [2.05, 4.69) is 27.3 Å². The van der Waals surface area contributed by atoms with Crippen molar-refractivity contribution in [3.63, 3.8) is 0 Å². The van der Waals surface area contributed by atoms with Gasteiger partial charge in [-0.05, 0) is 85.0 Å². The van der Waals surface area contributed by atoms with Crippen molar-refractivity contribution in [3.8, 4) is 0 Å². The van der Waals surface area contributed by atoms with Crippen molar-refractivity contribution in [1.29, 1.82) is 0 Å². The van der Waals surface area contributed by atoms with Crippen LogP contribution in [0.1, 0.15) is 63.6 Å². The van der Waals surface area contributed by atoms with Crippen LogP contribution in [-0.2, 0) is 6.42 Å². The summed E-state index contributed by atoms with van der Waals surface area (Å²) in [6.07, 6.45) is 8.54. The number of nitrogens with zero attached hydrogens (tertiary/aromatic N) is 3. The lowest BCUT2D eigenvalue weighted by Crippen LogP contribution is -2.44. The molecule has 8 heteroatoms. The zero-order chi connectivity index (χ0) is 26.3. The van der Waals surface area contributed by atoms with Crippen LogP contribution in [0, 0.1) is 5.41 Å². The van der Waals surface area contributed by atoms with E-state index in [9.17, 15) is 9.59 Å². The summed E-state index contributed by atoms with van der Waals surface area (Å²) in [6.45, 7) is 3.63. The third-order valence-electron chi connectivity index (χ3n) is 8.55. The van der Waals surface area contributed by atoms with E-state index >= 15 is 0 Å². The van der Waals surface area contributed by atoms with Crippen molar-refractivity contribution in [1.82, 2.24) is 15.2 Å². The summed E-state index contributed by atoms with van der Waals surface area (Å²) in [4.78, 5) is 35.0. The van der Waals surface area contributed by atoms with Gasteiger partial charge in [0.2, 0.25) is 0 Å². The van der Waals surface area contributed by atoms with Crippen LogP contribution in [0.5, 0.6) is 0 Å². The summed E-state index contributed by atoms with van der Waals surface area (Å²) >= 11 is 12.4. The van der Waals surface area contributed by atoms with Gasteiger partial charge in [-0.1, -0.05) is 35.3 Å². The van der Waals surface area contributed by atoms with Crippen molar-refractivity contribution in [2.24, 2.45) is 5.41 Å². The number of rotatable bonds is 4. The van der Waals surface area contributed by atoms with E-state index in [1.807, 2.05) is 35.5 Å². The molecule has 0 saturated carbocycles. The van der Waals surface area contributed by atoms with E-state index < -0.39 is 0 Å². The number of carbonyl (C=O) groups is 2. The first-order valence-corrected chi connectivity index (χ1v) is 14.0. The van der Waals surface area contributed by atoms with Crippen LogP contribution in [0.4, 0.5) is 5.69 Å². The minimum Gasteiger partial charge on any atom is -0.371 e. The molecule has 2 saturated heterocycles. The molecule has 1 unspecified atom stereocenters. The molecule has 0 bridgehead atoms.